The highest BCUT2D eigenvalue weighted by Crippen LogP contribution is 2.47. The number of carbonyl (C=O) groups excluding carboxylic acids is 2. The van der Waals surface area contributed by atoms with Crippen molar-refractivity contribution >= 4 is 17.4 Å². The van der Waals surface area contributed by atoms with Gasteiger partial charge in [0, 0.05) is 34.9 Å². The number of Topliss-reactive ketones (excluding diaryl/α,β-unsaturated/α-hetero) is 1. The van der Waals surface area contributed by atoms with Crippen LogP contribution in [0, 0.1) is 5.41 Å². The van der Waals surface area contributed by atoms with Crippen LogP contribution in [-0.2, 0) is 15.8 Å². The van der Waals surface area contributed by atoms with Crippen LogP contribution in [-0.4, -0.2) is 18.3 Å². The average molecular weight is 499 g/mol. The van der Waals surface area contributed by atoms with Crippen molar-refractivity contribution in [3.63, 3.8) is 0 Å². The van der Waals surface area contributed by atoms with Crippen LogP contribution in [0.15, 0.2) is 71.1 Å². The summed E-state index contributed by atoms with van der Waals surface area (Å²) in [7, 11) is 0. The van der Waals surface area contributed by atoms with E-state index in [0.717, 1.165) is 11.8 Å². The molecule has 2 aromatic carbocycles. The van der Waals surface area contributed by atoms with Gasteiger partial charge in [0.15, 0.2) is 5.78 Å². The second kappa shape index (κ2) is 9.48. The lowest BCUT2D eigenvalue weighted by molar-refractivity contribution is -0.137. The molecular formula is C28H29F3N2O3. The highest BCUT2D eigenvalue weighted by atomic mass is 19.4. The first kappa shape index (κ1) is 25.5. The van der Waals surface area contributed by atoms with E-state index in [-0.39, 0.29) is 22.5 Å². The van der Waals surface area contributed by atoms with Gasteiger partial charge in [0.1, 0.15) is 5.75 Å². The Balaban J connectivity index is 1.80. The zero-order chi connectivity index (χ0) is 26.3. The third kappa shape index (κ3) is 5.03. The number of amides is 1. The highest BCUT2D eigenvalue weighted by Gasteiger charge is 2.43. The second-order valence-electron chi connectivity index (χ2n) is 9.93. The van der Waals surface area contributed by atoms with Gasteiger partial charge in [-0.2, -0.15) is 13.2 Å². The van der Waals surface area contributed by atoms with Crippen LogP contribution in [0.3, 0.4) is 0 Å². The lowest BCUT2D eigenvalue weighted by Crippen LogP contribution is -2.39. The first-order valence-corrected chi connectivity index (χ1v) is 11.9. The number of hydrogen-bond acceptors (Lipinski definition) is 4. The number of allylic oxidation sites excluding steroid dienone is 3. The van der Waals surface area contributed by atoms with E-state index in [1.807, 2.05) is 20.8 Å². The standard InChI is InChI=1S/C28H29F3N2O3/c1-5-36-18-12-10-17(11-13-18)24-23(16(2)32-21-14-27(3,4)15-22(34)25(21)24)26(35)33-20-9-7-6-8-19(20)28(29,30)31/h6-13,24,32H,5,14-15H2,1-4H3,(H,33,35)/t24-/m0/s1. The van der Waals surface area contributed by atoms with Crippen LogP contribution in [0.5, 0.6) is 5.75 Å². The minimum absolute atomic E-state index is 0.0823. The van der Waals surface area contributed by atoms with Crippen molar-refractivity contribution in [3.05, 3.63) is 82.2 Å². The summed E-state index contributed by atoms with van der Waals surface area (Å²) in [6, 6.07) is 12.0. The molecule has 1 aliphatic carbocycles. The average Bonchev–Trinajstić information content (AvgIpc) is 2.77. The first-order chi connectivity index (χ1) is 16.9. The van der Waals surface area contributed by atoms with Crippen LogP contribution < -0.4 is 15.4 Å². The molecule has 8 heteroatoms. The highest BCUT2D eigenvalue weighted by molar-refractivity contribution is 6.10. The Morgan fingerprint density at radius 3 is 2.42 bits per heavy atom. The number of hydrogen-bond donors (Lipinski definition) is 2. The number of benzene rings is 2. The lowest BCUT2D eigenvalue weighted by Gasteiger charge is -2.39. The summed E-state index contributed by atoms with van der Waals surface area (Å²) in [6.07, 6.45) is -3.70. The Hall–Kier alpha value is -3.55. The molecule has 1 heterocycles. The predicted octanol–water partition coefficient (Wildman–Crippen LogP) is 6.35. The van der Waals surface area contributed by atoms with Gasteiger partial charge in [-0.15, -0.1) is 0 Å². The molecule has 1 aliphatic heterocycles. The number of ether oxygens (including phenoxy) is 1. The maximum absolute atomic E-state index is 13.6. The van der Waals surface area contributed by atoms with Crippen LogP contribution in [0.25, 0.3) is 0 Å². The van der Waals surface area contributed by atoms with Crippen molar-refractivity contribution in [2.75, 3.05) is 11.9 Å². The Morgan fingerprint density at radius 2 is 1.78 bits per heavy atom. The van der Waals surface area contributed by atoms with E-state index in [0.29, 0.717) is 42.0 Å². The summed E-state index contributed by atoms with van der Waals surface area (Å²) in [5.74, 6) is -0.856. The molecule has 36 heavy (non-hydrogen) atoms. The number of anilines is 1. The molecule has 0 aromatic heterocycles. The lowest BCUT2D eigenvalue weighted by atomic mass is 9.68. The molecule has 0 spiro atoms. The second-order valence-corrected chi connectivity index (χ2v) is 9.93. The fourth-order valence-electron chi connectivity index (χ4n) is 5.02. The van der Waals surface area contributed by atoms with Crippen LogP contribution >= 0.6 is 0 Å². The minimum Gasteiger partial charge on any atom is -0.494 e. The quantitative estimate of drug-likeness (QED) is 0.504. The number of rotatable bonds is 5. The Morgan fingerprint density at radius 1 is 1.11 bits per heavy atom. The molecule has 4 rings (SSSR count). The monoisotopic (exact) mass is 498 g/mol. The third-order valence-electron chi connectivity index (χ3n) is 6.49. The largest absolute Gasteiger partial charge is 0.494 e. The fourth-order valence-corrected chi connectivity index (χ4v) is 5.02. The molecule has 0 bridgehead atoms. The number of carbonyl (C=O) groups is 2. The summed E-state index contributed by atoms with van der Waals surface area (Å²) >= 11 is 0. The molecule has 1 atom stereocenters. The van der Waals surface area contributed by atoms with E-state index < -0.39 is 23.6 Å². The van der Waals surface area contributed by atoms with Gasteiger partial charge in [-0.25, -0.2) is 0 Å². The van der Waals surface area contributed by atoms with E-state index in [1.165, 1.54) is 18.2 Å². The third-order valence-corrected chi connectivity index (χ3v) is 6.49. The van der Waals surface area contributed by atoms with Gasteiger partial charge in [0.05, 0.1) is 17.9 Å². The van der Waals surface area contributed by atoms with Crippen LogP contribution in [0.1, 0.15) is 57.6 Å². The van der Waals surface area contributed by atoms with Crippen molar-refractivity contribution in [1.29, 1.82) is 0 Å². The van der Waals surface area contributed by atoms with Crippen LogP contribution in [0.4, 0.5) is 18.9 Å². The van der Waals surface area contributed by atoms with Gasteiger partial charge >= 0.3 is 6.18 Å². The summed E-state index contributed by atoms with van der Waals surface area (Å²) in [4.78, 5) is 27.0. The molecular weight excluding hydrogens is 469 g/mol. The van der Waals surface area contributed by atoms with Gasteiger partial charge < -0.3 is 15.4 Å². The molecule has 2 N–H and O–H groups in total. The number of nitrogens with one attached hydrogen (secondary N) is 2. The predicted molar refractivity (Wildman–Crippen MR) is 131 cm³/mol. The Kier molecular flexibility index (Phi) is 6.73. The van der Waals surface area contributed by atoms with E-state index in [4.69, 9.17) is 4.74 Å². The topological polar surface area (TPSA) is 67.4 Å². The van der Waals surface area contributed by atoms with Gasteiger partial charge in [0.2, 0.25) is 0 Å². The van der Waals surface area contributed by atoms with Gasteiger partial charge in [0.25, 0.3) is 5.91 Å². The molecule has 0 radical (unpaired) electrons. The number of halogens is 3. The van der Waals surface area contributed by atoms with Crippen molar-refractivity contribution in [2.24, 2.45) is 5.41 Å². The maximum Gasteiger partial charge on any atom is 0.418 e. The molecule has 2 aromatic rings. The summed E-state index contributed by atoms with van der Waals surface area (Å²) < 4.78 is 46.2. The number of alkyl halides is 3. The van der Waals surface area contributed by atoms with Gasteiger partial charge in [-0.05, 0) is 55.5 Å². The fraction of sp³-hybridized carbons (Fsp3) is 0.357. The zero-order valence-corrected chi connectivity index (χ0v) is 20.7. The van der Waals surface area contributed by atoms with E-state index in [1.54, 1.807) is 31.2 Å². The smallest absolute Gasteiger partial charge is 0.418 e. The van der Waals surface area contributed by atoms with E-state index >= 15 is 0 Å². The number of ketones is 1. The van der Waals surface area contributed by atoms with Crippen molar-refractivity contribution in [1.82, 2.24) is 5.32 Å². The maximum atomic E-state index is 13.6. The van der Waals surface area contributed by atoms with Crippen molar-refractivity contribution in [2.45, 2.75) is 52.6 Å². The molecule has 1 amide bonds. The Labute approximate surface area is 208 Å². The molecule has 0 saturated carbocycles. The van der Waals surface area contributed by atoms with E-state index in [2.05, 4.69) is 10.6 Å². The SMILES string of the molecule is CCOc1ccc([C@H]2C(C(=O)Nc3ccccc3C(F)(F)F)=C(C)NC3=C2C(=O)CC(C)(C)C3)cc1. The Bertz CT molecular complexity index is 1260. The van der Waals surface area contributed by atoms with Gasteiger partial charge in [-0.3, -0.25) is 9.59 Å². The summed E-state index contributed by atoms with van der Waals surface area (Å²) in [5.41, 5.74) is 1.11. The number of para-hydroxylation sites is 1. The molecule has 0 unspecified atom stereocenters. The summed E-state index contributed by atoms with van der Waals surface area (Å²) in [6.45, 7) is 8.09. The van der Waals surface area contributed by atoms with Crippen molar-refractivity contribution < 1.29 is 27.5 Å². The minimum atomic E-state index is -4.63. The normalized spacial score (nSPS) is 19.5. The first-order valence-electron chi connectivity index (χ1n) is 11.9. The molecule has 0 saturated heterocycles. The number of dihydropyridines is 1. The van der Waals surface area contributed by atoms with Crippen molar-refractivity contribution in [3.8, 4) is 5.75 Å². The molecule has 2 aliphatic rings. The summed E-state index contributed by atoms with van der Waals surface area (Å²) in [5, 5.41) is 5.69. The zero-order valence-electron chi connectivity index (χ0n) is 20.7. The molecule has 5 nitrogen and oxygen atoms in total. The van der Waals surface area contributed by atoms with Crippen LogP contribution in [0.2, 0.25) is 0 Å². The van der Waals surface area contributed by atoms with E-state index in [9.17, 15) is 22.8 Å². The molecule has 190 valence electrons. The molecule has 0 fully saturated rings. The van der Waals surface area contributed by atoms with Gasteiger partial charge in [-0.1, -0.05) is 38.1 Å².